The molecule has 0 aromatic carbocycles. The van der Waals surface area contributed by atoms with Gasteiger partial charge in [-0.3, -0.25) is 9.48 Å². The number of carbonyl (C=O) groups excluding carboxylic acids is 1. The van der Waals surface area contributed by atoms with Gasteiger partial charge < -0.3 is 10.6 Å². The molecule has 1 amide bonds. The summed E-state index contributed by atoms with van der Waals surface area (Å²) in [5.41, 5.74) is 5.72. The minimum absolute atomic E-state index is 0.0252. The third-order valence-electron chi connectivity index (χ3n) is 3.60. The summed E-state index contributed by atoms with van der Waals surface area (Å²) in [6.07, 6.45) is 2.60. The number of carbonyl (C=O) groups is 1. The van der Waals surface area contributed by atoms with Crippen LogP contribution in [0.2, 0.25) is 0 Å². The topological polar surface area (TPSA) is 102 Å². The molecule has 1 saturated heterocycles. The average Bonchev–Trinajstić information content (AvgIpc) is 3.04. The second-order valence-electron chi connectivity index (χ2n) is 5.24. The molecule has 2 rings (SSSR count). The van der Waals surface area contributed by atoms with Gasteiger partial charge in [0, 0.05) is 33.4 Å². The summed E-state index contributed by atoms with van der Waals surface area (Å²) >= 11 is 0. The molecular weight excluding hydrogens is 294 g/mol. The lowest BCUT2D eigenvalue weighted by atomic mass is 10.2. The number of nitrogens with two attached hydrogens (primary N) is 1. The van der Waals surface area contributed by atoms with Crippen LogP contribution in [0.15, 0.2) is 11.1 Å². The smallest absolute Gasteiger partial charge is 0.249 e. The van der Waals surface area contributed by atoms with Crippen LogP contribution >= 0.6 is 0 Å². The molecular formula is C12H21N5O3S. The van der Waals surface area contributed by atoms with Crippen molar-refractivity contribution in [3.63, 3.8) is 0 Å². The number of sulfonamides is 1. The first-order chi connectivity index (χ1) is 9.78. The fourth-order valence-corrected chi connectivity index (χ4v) is 4.19. The Kier molecular flexibility index (Phi) is 4.24. The first kappa shape index (κ1) is 15.8. The Morgan fingerprint density at radius 3 is 2.71 bits per heavy atom. The van der Waals surface area contributed by atoms with E-state index >= 15 is 0 Å². The van der Waals surface area contributed by atoms with Crippen LogP contribution in [0.3, 0.4) is 0 Å². The molecule has 21 heavy (non-hydrogen) atoms. The Labute approximate surface area is 124 Å². The molecule has 8 nitrogen and oxygen atoms in total. The van der Waals surface area contributed by atoms with Crippen LogP contribution in [0.5, 0.6) is 0 Å². The maximum absolute atomic E-state index is 12.7. The lowest BCUT2D eigenvalue weighted by Gasteiger charge is -2.25. The monoisotopic (exact) mass is 315 g/mol. The van der Waals surface area contributed by atoms with Gasteiger partial charge in [0.05, 0.1) is 0 Å². The van der Waals surface area contributed by atoms with E-state index in [9.17, 15) is 13.2 Å². The number of hydrogen-bond acceptors (Lipinski definition) is 5. The molecule has 1 atom stereocenters. The van der Waals surface area contributed by atoms with Gasteiger partial charge in [0.1, 0.15) is 10.9 Å². The van der Waals surface area contributed by atoms with E-state index < -0.39 is 16.1 Å². The van der Waals surface area contributed by atoms with Gasteiger partial charge in [-0.25, -0.2) is 8.42 Å². The fraction of sp³-hybridized carbons (Fsp3) is 0.667. The van der Waals surface area contributed by atoms with E-state index in [1.54, 1.807) is 14.1 Å². The number of rotatable bonds is 4. The Bertz CT molecular complexity index is 637. The number of likely N-dealkylation sites (N-methyl/N-ethyl adjacent to an activating group) is 1. The molecule has 9 heteroatoms. The molecule has 118 valence electrons. The van der Waals surface area contributed by atoms with Gasteiger partial charge >= 0.3 is 0 Å². The molecule has 1 unspecified atom stereocenters. The normalized spacial score (nSPS) is 19.9. The predicted molar refractivity (Wildman–Crippen MR) is 77.9 cm³/mol. The summed E-state index contributed by atoms with van der Waals surface area (Å²) in [6, 6.07) is -0.658. The molecule has 1 fully saturated rings. The summed E-state index contributed by atoms with van der Waals surface area (Å²) < 4.78 is 28.2. The van der Waals surface area contributed by atoms with Crippen molar-refractivity contribution in [1.82, 2.24) is 19.0 Å². The molecule has 0 aliphatic carbocycles. The number of anilines is 1. The Morgan fingerprint density at radius 1 is 1.52 bits per heavy atom. The van der Waals surface area contributed by atoms with Crippen LogP contribution in [0, 0.1) is 0 Å². The zero-order chi connectivity index (χ0) is 15.8. The molecule has 2 N–H and O–H groups in total. The van der Waals surface area contributed by atoms with Crippen LogP contribution in [0.1, 0.15) is 19.8 Å². The van der Waals surface area contributed by atoms with Crippen LogP contribution in [-0.4, -0.2) is 60.0 Å². The number of hydrogen-bond donors (Lipinski definition) is 1. The molecule has 1 aliphatic rings. The van der Waals surface area contributed by atoms with Crippen molar-refractivity contribution in [2.75, 3.05) is 26.4 Å². The number of nitrogens with zero attached hydrogens (tertiary/aromatic N) is 4. The van der Waals surface area contributed by atoms with Gasteiger partial charge in [0.25, 0.3) is 0 Å². The molecule has 1 aromatic rings. The lowest BCUT2D eigenvalue weighted by Crippen LogP contribution is -2.45. The van der Waals surface area contributed by atoms with Crippen LogP contribution < -0.4 is 5.73 Å². The van der Waals surface area contributed by atoms with Gasteiger partial charge in [0.2, 0.25) is 15.9 Å². The molecule has 1 aromatic heterocycles. The second kappa shape index (κ2) is 5.64. The van der Waals surface area contributed by atoms with Gasteiger partial charge in [-0.1, -0.05) is 0 Å². The van der Waals surface area contributed by atoms with Crippen molar-refractivity contribution in [3.05, 3.63) is 6.20 Å². The molecule has 0 radical (unpaired) electrons. The van der Waals surface area contributed by atoms with E-state index in [-0.39, 0.29) is 16.6 Å². The average molecular weight is 315 g/mol. The van der Waals surface area contributed by atoms with Gasteiger partial charge in [-0.2, -0.15) is 9.40 Å². The highest BCUT2D eigenvalue weighted by Gasteiger charge is 2.41. The SMILES string of the molecule is CCn1cc(S(=O)(=O)N2CCCC2C(=O)N(C)C)c(N)n1. The maximum Gasteiger partial charge on any atom is 0.249 e. The molecule has 1 aliphatic heterocycles. The van der Waals surface area contributed by atoms with Crippen molar-refractivity contribution in [3.8, 4) is 0 Å². The summed E-state index contributed by atoms with van der Waals surface area (Å²) in [4.78, 5) is 13.5. The maximum atomic E-state index is 12.7. The summed E-state index contributed by atoms with van der Waals surface area (Å²) in [5.74, 6) is -0.239. The van der Waals surface area contributed by atoms with Crippen molar-refractivity contribution in [1.29, 1.82) is 0 Å². The first-order valence-corrected chi connectivity index (χ1v) is 8.29. The minimum atomic E-state index is -3.81. The molecule has 0 bridgehead atoms. The van der Waals surface area contributed by atoms with Crippen LogP contribution in [-0.2, 0) is 21.4 Å². The quantitative estimate of drug-likeness (QED) is 0.824. The highest BCUT2D eigenvalue weighted by molar-refractivity contribution is 7.89. The summed E-state index contributed by atoms with van der Waals surface area (Å²) in [6.45, 7) is 2.69. The third kappa shape index (κ3) is 2.75. The van der Waals surface area contributed by atoms with Crippen molar-refractivity contribution >= 4 is 21.7 Å². The van der Waals surface area contributed by atoms with E-state index in [0.29, 0.717) is 25.9 Å². The minimum Gasteiger partial charge on any atom is -0.381 e. The highest BCUT2D eigenvalue weighted by atomic mass is 32.2. The molecule has 2 heterocycles. The third-order valence-corrected chi connectivity index (χ3v) is 5.52. The fourth-order valence-electron chi connectivity index (χ4n) is 2.48. The zero-order valence-electron chi connectivity index (χ0n) is 12.5. The number of nitrogen functional groups attached to an aromatic ring is 1. The van der Waals surface area contributed by atoms with Crippen molar-refractivity contribution in [2.24, 2.45) is 0 Å². The number of amides is 1. The van der Waals surface area contributed by atoms with E-state index in [4.69, 9.17) is 5.73 Å². The number of aryl methyl sites for hydroxylation is 1. The zero-order valence-corrected chi connectivity index (χ0v) is 13.3. The first-order valence-electron chi connectivity index (χ1n) is 6.85. The van der Waals surface area contributed by atoms with Crippen molar-refractivity contribution < 1.29 is 13.2 Å². The lowest BCUT2D eigenvalue weighted by molar-refractivity contribution is -0.132. The summed E-state index contributed by atoms with van der Waals surface area (Å²) in [5, 5.41) is 3.97. The summed E-state index contributed by atoms with van der Waals surface area (Å²) in [7, 11) is -0.569. The Hall–Kier alpha value is -1.61. The van der Waals surface area contributed by atoms with Gasteiger partial charge in [0.15, 0.2) is 5.82 Å². The van der Waals surface area contributed by atoms with Gasteiger partial charge in [-0.15, -0.1) is 0 Å². The van der Waals surface area contributed by atoms with E-state index in [1.807, 2.05) is 6.92 Å². The largest absolute Gasteiger partial charge is 0.381 e. The standard InChI is InChI=1S/C12H21N5O3S/c1-4-16-8-10(11(13)14-16)21(19,20)17-7-5-6-9(17)12(18)15(2)3/h8-9H,4-7H2,1-3H3,(H2,13,14). The molecule has 0 spiro atoms. The number of aromatic nitrogens is 2. The highest BCUT2D eigenvalue weighted by Crippen LogP contribution is 2.29. The second-order valence-corrected chi connectivity index (χ2v) is 7.10. The van der Waals surface area contributed by atoms with E-state index in [2.05, 4.69) is 5.10 Å². The predicted octanol–water partition coefficient (Wildman–Crippen LogP) is -0.273. The molecule has 0 saturated carbocycles. The van der Waals surface area contributed by atoms with Crippen LogP contribution in [0.4, 0.5) is 5.82 Å². The van der Waals surface area contributed by atoms with Gasteiger partial charge in [-0.05, 0) is 19.8 Å². The van der Waals surface area contributed by atoms with E-state index in [1.165, 1.54) is 20.1 Å². The van der Waals surface area contributed by atoms with Crippen molar-refractivity contribution in [2.45, 2.75) is 37.2 Å². The van der Waals surface area contributed by atoms with Crippen LogP contribution in [0.25, 0.3) is 0 Å². The van der Waals surface area contributed by atoms with E-state index in [0.717, 1.165) is 0 Å². The Balaban J connectivity index is 2.38. The Morgan fingerprint density at radius 2 is 2.19 bits per heavy atom.